The second-order valence-electron chi connectivity index (χ2n) is 4.22. The van der Waals surface area contributed by atoms with Gasteiger partial charge in [-0.1, -0.05) is 6.92 Å². The van der Waals surface area contributed by atoms with Crippen LogP contribution in [0.15, 0.2) is 0 Å². The fraction of sp³-hybridized carbons (Fsp3) is 0.833. The molecule has 1 aliphatic heterocycles. The average molecular weight is 245 g/mol. The number of hydrogen-bond acceptors (Lipinski definition) is 3. The number of carbonyl (C=O) groups is 2. The maximum atomic E-state index is 10.4. The van der Waals surface area contributed by atoms with E-state index in [1.165, 1.54) is 11.3 Å². The molecular formula is C12H23NO4. The molecule has 1 aliphatic rings. The molecule has 0 bridgehead atoms. The van der Waals surface area contributed by atoms with Gasteiger partial charge >= 0.3 is 12.1 Å². The largest absolute Gasteiger partial charge is 0.465 e. The summed E-state index contributed by atoms with van der Waals surface area (Å²) in [6.07, 6.45) is 2.98. The highest BCUT2D eigenvalue weighted by Gasteiger charge is 2.13. The van der Waals surface area contributed by atoms with E-state index in [1.54, 1.807) is 6.92 Å². The van der Waals surface area contributed by atoms with E-state index in [0.717, 1.165) is 25.9 Å². The minimum absolute atomic E-state index is 0.0300. The number of hydrogen-bond donors (Lipinski definition) is 1. The molecule has 0 saturated carbocycles. The van der Waals surface area contributed by atoms with Crippen molar-refractivity contribution in [2.24, 2.45) is 0 Å². The maximum absolute atomic E-state index is 10.4. The molecule has 0 aromatic carbocycles. The van der Waals surface area contributed by atoms with Crippen LogP contribution >= 0.6 is 0 Å². The van der Waals surface area contributed by atoms with Crippen molar-refractivity contribution in [2.45, 2.75) is 52.6 Å². The molecule has 0 aromatic heterocycles. The van der Waals surface area contributed by atoms with Crippen molar-refractivity contribution >= 4 is 12.1 Å². The summed E-state index contributed by atoms with van der Waals surface area (Å²) in [6, 6.07) is 0. The Morgan fingerprint density at radius 2 is 1.76 bits per heavy atom. The van der Waals surface area contributed by atoms with Crippen molar-refractivity contribution in [1.29, 1.82) is 0 Å². The number of carbonyl (C=O) groups excluding carboxylic acids is 1. The predicted molar refractivity (Wildman–Crippen MR) is 65.0 cm³/mol. The lowest BCUT2D eigenvalue weighted by molar-refractivity contribution is -0.146. The lowest BCUT2D eigenvalue weighted by Gasteiger charge is -2.22. The van der Waals surface area contributed by atoms with Gasteiger partial charge in [-0.05, 0) is 33.1 Å². The summed E-state index contributed by atoms with van der Waals surface area (Å²) in [5.41, 5.74) is 0. The molecule has 100 valence electrons. The van der Waals surface area contributed by atoms with Crippen LogP contribution in [0.1, 0.15) is 46.5 Å². The first kappa shape index (κ1) is 15.7. The molecular weight excluding hydrogens is 222 g/mol. The number of amides is 1. The van der Waals surface area contributed by atoms with Crippen LogP contribution in [0.2, 0.25) is 0 Å². The smallest absolute Gasteiger partial charge is 0.407 e. The van der Waals surface area contributed by atoms with Crippen molar-refractivity contribution in [2.75, 3.05) is 13.1 Å². The summed E-state index contributed by atoms with van der Waals surface area (Å²) in [7, 11) is 0. The fourth-order valence-corrected chi connectivity index (χ4v) is 1.43. The van der Waals surface area contributed by atoms with Gasteiger partial charge < -0.3 is 14.7 Å². The third-order valence-electron chi connectivity index (χ3n) is 2.28. The van der Waals surface area contributed by atoms with Crippen molar-refractivity contribution in [1.82, 2.24) is 4.90 Å². The van der Waals surface area contributed by atoms with E-state index in [4.69, 9.17) is 9.84 Å². The highest BCUT2D eigenvalue weighted by atomic mass is 16.5. The zero-order valence-corrected chi connectivity index (χ0v) is 10.9. The normalized spacial score (nSPS) is 14.9. The van der Waals surface area contributed by atoms with Gasteiger partial charge in [0.05, 0.1) is 6.10 Å². The molecule has 1 heterocycles. The Balaban J connectivity index is 0.000000304. The zero-order chi connectivity index (χ0) is 13.3. The first-order valence-corrected chi connectivity index (χ1v) is 6.14. The first-order chi connectivity index (χ1) is 7.97. The van der Waals surface area contributed by atoms with Crippen LogP contribution in [0.3, 0.4) is 0 Å². The zero-order valence-electron chi connectivity index (χ0n) is 10.9. The van der Waals surface area contributed by atoms with Gasteiger partial charge in [0.1, 0.15) is 0 Å². The van der Waals surface area contributed by atoms with Crippen molar-refractivity contribution in [3.05, 3.63) is 0 Å². The number of rotatable bonds is 2. The van der Waals surface area contributed by atoms with E-state index in [2.05, 4.69) is 0 Å². The van der Waals surface area contributed by atoms with Crippen LogP contribution in [0, 0.1) is 0 Å². The molecule has 1 amide bonds. The third kappa shape index (κ3) is 8.54. The molecule has 0 aromatic rings. The fourth-order valence-electron chi connectivity index (χ4n) is 1.43. The van der Waals surface area contributed by atoms with Crippen molar-refractivity contribution in [3.8, 4) is 0 Å². The standard InChI is InChI=1S/C6H11NO2.C6H12O2/c8-6(9)7-4-2-1-3-5-7;1-4-6(7)8-5(2)3/h1-5H2,(H,8,9);5H,4H2,1-3H3. The number of ether oxygens (including phenoxy) is 1. The highest BCUT2D eigenvalue weighted by Crippen LogP contribution is 2.07. The number of carboxylic acid groups (broad SMARTS) is 1. The van der Waals surface area contributed by atoms with Gasteiger partial charge in [-0.25, -0.2) is 4.79 Å². The van der Waals surface area contributed by atoms with Crippen LogP contribution in [-0.2, 0) is 9.53 Å². The molecule has 0 aliphatic carbocycles. The predicted octanol–water partition coefficient (Wildman–Crippen LogP) is 2.50. The maximum Gasteiger partial charge on any atom is 0.407 e. The SMILES string of the molecule is CCC(=O)OC(C)C.O=C(O)N1CCCCC1. The number of esters is 1. The minimum atomic E-state index is -0.769. The molecule has 0 unspecified atom stereocenters. The van der Waals surface area contributed by atoms with Crippen molar-refractivity contribution < 1.29 is 19.4 Å². The Kier molecular flexibility index (Phi) is 8.19. The minimum Gasteiger partial charge on any atom is -0.465 e. The van der Waals surface area contributed by atoms with Gasteiger partial charge in [0, 0.05) is 19.5 Å². The molecule has 1 rings (SSSR count). The Morgan fingerprint density at radius 1 is 1.24 bits per heavy atom. The Hall–Kier alpha value is -1.26. The summed E-state index contributed by atoms with van der Waals surface area (Å²) in [6.45, 7) is 6.93. The third-order valence-corrected chi connectivity index (χ3v) is 2.28. The van der Waals surface area contributed by atoms with E-state index in [9.17, 15) is 9.59 Å². The van der Waals surface area contributed by atoms with Crippen LogP contribution < -0.4 is 0 Å². The average Bonchev–Trinajstić information content (AvgIpc) is 2.30. The number of piperidine rings is 1. The molecule has 5 heteroatoms. The number of likely N-dealkylation sites (tertiary alicyclic amines) is 1. The van der Waals surface area contributed by atoms with Crippen LogP contribution in [0.25, 0.3) is 0 Å². The monoisotopic (exact) mass is 245 g/mol. The lowest BCUT2D eigenvalue weighted by Crippen LogP contribution is -2.34. The van der Waals surface area contributed by atoms with Gasteiger partial charge in [-0.15, -0.1) is 0 Å². The van der Waals surface area contributed by atoms with E-state index in [-0.39, 0.29) is 12.1 Å². The Labute approximate surface area is 103 Å². The topological polar surface area (TPSA) is 66.8 Å². The van der Waals surface area contributed by atoms with Crippen LogP contribution in [-0.4, -0.2) is 41.3 Å². The van der Waals surface area contributed by atoms with Gasteiger partial charge in [-0.2, -0.15) is 0 Å². The summed E-state index contributed by atoms with van der Waals surface area (Å²) < 4.78 is 4.76. The summed E-state index contributed by atoms with van der Waals surface area (Å²) in [5.74, 6) is -0.125. The quantitative estimate of drug-likeness (QED) is 0.759. The second-order valence-corrected chi connectivity index (χ2v) is 4.22. The highest BCUT2D eigenvalue weighted by molar-refractivity contribution is 5.69. The lowest BCUT2D eigenvalue weighted by atomic mass is 10.1. The van der Waals surface area contributed by atoms with E-state index < -0.39 is 6.09 Å². The van der Waals surface area contributed by atoms with Gasteiger partial charge in [0.15, 0.2) is 0 Å². The summed E-state index contributed by atoms with van der Waals surface area (Å²) in [5, 5.41) is 8.46. The van der Waals surface area contributed by atoms with Crippen LogP contribution in [0.4, 0.5) is 4.79 Å². The molecule has 5 nitrogen and oxygen atoms in total. The summed E-state index contributed by atoms with van der Waals surface area (Å²) in [4.78, 5) is 22.2. The molecule has 1 saturated heterocycles. The van der Waals surface area contributed by atoms with Gasteiger partial charge in [-0.3, -0.25) is 4.79 Å². The summed E-state index contributed by atoms with van der Waals surface area (Å²) >= 11 is 0. The van der Waals surface area contributed by atoms with E-state index in [0.29, 0.717) is 6.42 Å². The Morgan fingerprint density at radius 3 is 2.00 bits per heavy atom. The number of nitrogens with zero attached hydrogens (tertiary/aromatic N) is 1. The van der Waals surface area contributed by atoms with E-state index >= 15 is 0 Å². The van der Waals surface area contributed by atoms with Gasteiger partial charge in [0.2, 0.25) is 0 Å². The molecule has 17 heavy (non-hydrogen) atoms. The second kappa shape index (κ2) is 8.84. The molecule has 0 atom stereocenters. The molecule has 1 fully saturated rings. The van der Waals surface area contributed by atoms with Crippen LogP contribution in [0.5, 0.6) is 0 Å². The first-order valence-electron chi connectivity index (χ1n) is 6.14. The molecule has 0 spiro atoms. The Bertz CT molecular complexity index is 235. The van der Waals surface area contributed by atoms with Crippen molar-refractivity contribution in [3.63, 3.8) is 0 Å². The van der Waals surface area contributed by atoms with Gasteiger partial charge in [0.25, 0.3) is 0 Å². The molecule has 1 N–H and O–H groups in total. The molecule has 0 radical (unpaired) electrons. The van der Waals surface area contributed by atoms with E-state index in [1.807, 2.05) is 13.8 Å².